The molecule has 0 saturated heterocycles. The Morgan fingerprint density at radius 1 is 1.32 bits per heavy atom. The van der Waals surface area contributed by atoms with Crippen LogP contribution >= 0.6 is 11.3 Å². The van der Waals surface area contributed by atoms with Crippen LogP contribution in [0.2, 0.25) is 0 Å². The van der Waals surface area contributed by atoms with Gasteiger partial charge in [-0.15, -0.1) is 0 Å². The van der Waals surface area contributed by atoms with Crippen LogP contribution in [-0.2, 0) is 9.59 Å². The summed E-state index contributed by atoms with van der Waals surface area (Å²) in [6, 6.07) is 1.10. The molecule has 0 bridgehead atoms. The quantitative estimate of drug-likeness (QED) is 0.773. The Labute approximate surface area is 114 Å². The highest BCUT2D eigenvalue weighted by Gasteiger charge is 2.25. The van der Waals surface area contributed by atoms with Gasteiger partial charge in [0, 0.05) is 11.8 Å². The van der Waals surface area contributed by atoms with Gasteiger partial charge in [-0.1, -0.05) is 13.8 Å². The molecule has 6 nitrogen and oxygen atoms in total. The molecule has 0 fully saturated rings. The predicted molar refractivity (Wildman–Crippen MR) is 72.1 cm³/mol. The molecule has 0 unspecified atom stereocenters. The summed E-state index contributed by atoms with van der Waals surface area (Å²) in [7, 11) is 0. The summed E-state index contributed by atoms with van der Waals surface area (Å²) in [4.78, 5) is 33.7. The maximum atomic E-state index is 11.6. The smallest absolute Gasteiger partial charge is 0.325 e. The van der Waals surface area contributed by atoms with Crippen LogP contribution in [0.5, 0.6) is 0 Å². The summed E-state index contributed by atoms with van der Waals surface area (Å²) in [5.41, 5.74) is -0.0847. The standard InChI is InChI=1S/C12H16N2O4S/c1-12(2,6-10(16)17)5-9(15)14-11(18)13-8-3-4-19-7-8/h3-4,7H,5-6H2,1-2H3,(H,16,17)(H2,13,14,15,18). The Morgan fingerprint density at radius 2 is 2.00 bits per heavy atom. The van der Waals surface area contributed by atoms with Crippen molar-refractivity contribution >= 4 is 34.9 Å². The van der Waals surface area contributed by atoms with E-state index in [2.05, 4.69) is 10.6 Å². The van der Waals surface area contributed by atoms with Crippen LogP contribution in [-0.4, -0.2) is 23.0 Å². The average molecular weight is 284 g/mol. The van der Waals surface area contributed by atoms with Crippen molar-refractivity contribution < 1.29 is 19.5 Å². The van der Waals surface area contributed by atoms with Crippen molar-refractivity contribution in [1.29, 1.82) is 0 Å². The highest BCUT2D eigenvalue weighted by Crippen LogP contribution is 2.24. The molecule has 0 aliphatic rings. The molecule has 0 spiro atoms. The van der Waals surface area contributed by atoms with Crippen LogP contribution in [0, 0.1) is 5.41 Å². The highest BCUT2D eigenvalue weighted by atomic mass is 32.1. The lowest BCUT2D eigenvalue weighted by molar-refractivity contribution is -0.139. The fourth-order valence-corrected chi connectivity index (χ4v) is 2.16. The third-order valence-corrected chi connectivity index (χ3v) is 2.98. The number of nitrogens with one attached hydrogen (secondary N) is 2. The van der Waals surface area contributed by atoms with Gasteiger partial charge in [-0.25, -0.2) is 4.79 Å². The van der Waals surface area contributed by atoms with E-state index in [1.807, 2.05) is 0 Å². The van der Waals surface area contributed by atoms with E-state index in [-0.39, 0.29) is 12.8 Å². The maximum absolute atomic E-state index is 11.6. The van der Waals surface area contributed by atoms with Gasteiger partial charge >= 0.3 is 12.0 Å². The first-order valence-corrected chi connectivity index (χ1v) is 6.58. The van der Waals surface area contributed by atoms with E-state index < -0.39 is 23.3 Å². The SMILES string of the molecule is CC(C)(CC(=O)O)CC(=O)NC(=O)Nc1ccsc1. The minimum absolute atomic E-state index is 0.0314. The van der Waals surface area contributed by atoms with E-state index in [0.29, 0.717) is 5.69 Å². The molecule has 0 atom stereocenters. The molecule has 0 radical (unpaired) electrons. The average Bonchev–Trinajstić information content (AvgIpc) is 2.65. The number of carbonyl (C=O) groups excluding carboxylic acids is 2. The topological polar surface area (TPSA) is 95.5 Å². The zero-order valence-corrected chi connectivity index (χ0v) is 11.5. The van der Waals surface area contributed by atoms with Gasteiger partial charge in [0.15, 0.2) is 0 Å². The van der Waals surface area contributed by atoms with Gasteiger partial charge in [-0.2, -0.15) is 11.3 Å². The molecule has 19 heavy (non-hydrogen) atoms. The van der Waals surface area contributed by atoms with Gasteiger partial charge in [-0.05, 0) is 16.9 Å². The molecule has 3 N–H and O–H groups in total. The van der Waals surface area contributed by atoms with Crippen molar-refractivity contribution in [1.82, 2.24) is 5.32 Å². The van der Waals surface area contributed by atoms with E-state index in [1.54, 1.807) is 30.7 Å². The van der Waals surface area contributed by atoms with Gasteiger partial charge in [0.25, 0.3) is 0 Å². The van der Waals surface area contributed by atoms with E-state index in [1.165, 1.54) is 11.3 Å². The van der Waals surface area contributed by atoms with Gasteiger partial charge < -0.3 is 10.4 Å². The summed E-state index contributed by atoms with van der Waals surface area (Å²) < 4.78 is 0. The number of thiophene rings is 1. The second kappa shape index (κ2) is 6.33. The van der Waals surface area contributed by atoms with Crippen molar-refractivity contribution in [3.63, 3.8) is 0 Å². The third-order valence-electron chi connectivity index (χ3n) is 2.30. The molecule has 0 aliphatic heterocycles. The summed E-state index contributed by atoms with van der Waals surface area (Å²) in [6.45, 7) is 3.33. The first-order chi connectivity index (χ1) is 8.78. The van der Waals surface area contributed by atoms with Crippen molar-refractivity contribution in [2.24, 2.45) is 5.41 Å². The largest absolute Gasteiger partial charge is 0.481 e. The fourth-order valence-electron chi connectivity index (χ4n) is 1.58. The number of carboxylic acid groups (broad SMARTS) is 1. The molecule has 0 aromatic carbocycles. The molecular formula is C12H16N2O4S. The Bertz CT molecular complexity index is 468. The van der Waals surface area contributed by atoms with Crippen LogP contribution < -0.4 is 10.6 Å². The number of anilines is 1. The zero-order valence-electron chi connectivity index (χ0n) is 10.7. The van der Waals surface area contributed by atoms with Crippen molar-refractivity contribution in [3.05, 3.63) is 16.8 Å². The number of aliphatic carboxylic acids is 1. The third kappa shape index (κ3) is 6.01. The first-order valence-electron chi connectivity index (χ1n) is 5.63. The number of carbonyl (C=O) groups is 3. The summed E-state index contributed by atoms with van der Waals surface area (Å²) in [5, 5.41) is 16.9. The van der Waals surface area contributed by atoms with E-state index in [9.17, 15) is 14.4 Å². The summed E-state index contributed by atoms with van der Waals surface area (Å²) in [6.07, 6.45) is -0.164. The van der Waals surface area contributed by atoms with Crippen LogP contribution in [0.3, 0.4) is 0 Å². The zero-order chi connectivity index (χ0) is 14.5. The Morgan fingerprint density at radius 3 is 2.53 bits per heavy atom. The van der Waals surface area contributed by atoms with Gasteiger partial charge in [-0.3, -0.25) is 14.9 Å². The number of imide groups is 1. The van der Waals surface area contributed by atoms with Gasteiger partial charge in [0.05, 0.1) is 12.1 Å². The minimum Gasteiger partial charge on any atom is -0.481 e. The van der Waals surface area contributed by atoms with Crippen LogP contribution in [0.25, 0.3) is 0 Å². The number of amides is 3. The molecule has 1 rings (SSSR count). The fraction of sp³-hybridized carbons (Fsp3) is 0.417. The number of rotatable bonds is 5. The molecule has 7 heteroatoms. The molecule has 0 aliphatic carbocycles. The summed E-state index contributed by atoms with van der Waals surface area (Å²) >= 11 is 1.42. The molecule has 1 aromatic rings. The van der Waals surface area contributed by atoms with Gasteiger partial charge in [0.2, 0.25) is 5.91 Å². The highest BCUT2D eigenvalue weighted by molar-refractivity contribution is 7.08. The Hall–Kier alpha value is -1.89. The number of hydrogen-bond acceptors (Lipinski definition) is 4. The molecule has 1 aromatic heterocycles. The van der Waals surface area contributed by atoms with E-state index in [4.69, 9.17) is 5.11 Å². The van der Waals surface area contributed by atoms with E-state index in [0.717, 1.165) is 0 Å². The van der Waals surface area contributed by atoms with Crippen molar-refractivity contribution in [2.75, 3.05) is 5.32 Å². The lowest BCUT2D eigenvalue weighted by atomic mass is 9.85. The second-order valence-corrected chi connectivity index (χ2v) is 5.71. The number of hydrogen-bond donors (Lipinski definition) is 3. The minimum atomic E-state index is -0.972. The molecule has 0 saturated carbocycles. The Balaban J connectivity index is 2.42. The monoisotopic (exact) mass is 284 g/mol. The molecule has 1 heterocycles. The Kier molecular flexibility index (Phi) is 5.05. The second-order valence-electron chi connectivity index (χ2n) is 4.93. The summed E-state index contributed by atoms with van der Waals surface area (Å²) in [5.74, 6) is -1.47. The first kappa shape index (κ1) is 15.2. The normalized spacial score (nSPS) is 10.8. The van der Waals surface area contributed by atoms with Crippen LogP contribution in [0.1, 0.15) is 26.7 Å². The number of carboxylic acids is 1. The van der Waals surface area contributed by atoms with Gasteiger partial charge in [0.1, 0.15) is 0 Å². The van der Waals surface area contributed by atoms with Crippen LogP contribution in [0.15, 0.2) is 16.8 Å². The van der Waals surface area contributed by atoms with Crippen LogP contribution in [0.4, 0.5) is 10.5 Å². The van der Waals surface area contributed by atoms with E-state index >= 15 is 0 Å². The molecule has 3 amide bonds. The maximum Gasteiger partial charge on any atom is 0.325 e. The molecule has 104 valence electrons. The van der Waals surface area contributed by atoms with Crippen molar-refractivity contribution in [3.8, 4) is 0 Å². The van der Waals surface area contributed by atoms with Crippen molar-refractivity contribution in [2.45, 2.75) is 26.7 Å². The lowest BCUT2D eigenvalue weighted by Gasteiger charge is -2.21. The lowest BCUT2D eigenvalue weighted by Crippen LogP contribution is -2.37. The number of urea groups is 1. The molecular weight excluding hydrogens is 268 g/mol. The predicted octanol–water partition coefficient (Wildman–Crippen LogP) is 2.29.